The number of aromatic nitrogens is 4. The SMILES string of the molecule is Cc1n[nH]c(C)c1NS(=O)(=O)c1c(NN)nc2sccn12. The Bertz CT molecular complexity index is 886. The average molecular weight is 327 g/mol. The highest BCUT2D eigenvalue weighted by Gasteiger charge is 2.27. The van der Waals surface area contributed by atoms with Crippen molar-refractivity contribution < 1.29 is 8.42 Å². The third-order valence-corrected chi connectivity index (χ3v) is 5.10. The van der Waals surface area contributed by atoms with E-state index in [2.05, 4.69) is 25.3 Å². The summed E-state index contributed by atoms with van der Waals surface area (Å²) in [6, 6.07) is 0. The number of nitrogens with one attached hydrogen (secondary N) is 3. The second kappa shape index (κ2) is 4.72. The van der Waals surface area contributed by atoms with Gasteiger partial charge >= 0.3 is 0 Å². The standard InChI is InChI=1S/C10H13N7O2S2/c1-5-7(6(2)15-14-5)16-21(18,19)9-8(13-11)12-10-17(9)3-4-20-10/h3-4,13,16H,11H2,1-2H3,(H,14,15). The summed E-state index contributed by atoms with van der Waals surface area (Å²) in [7, 11) is -3.87. The Kier molecular flexibility index (Phi) is 3.11. The molecule has 112 valence electrons. The molecular formula is C10H13N7O2S2. The van der Waals surface area contributed by atoms with Crippen LogP contribution in [0, 0.1) is 13.8 Å². The van der Waals surface area contributed by atoms with Crippen LogP contribution in [0.5, 0.6) is 0 Å². The first-order valence-corrected chi connectivity index (χ1v) is 8.27. The van der Waals surface area contributed by atoms with Gasteiger partial charge in [0.05, 0.1) is 17.1 Å². The number of nitrogens with two attached hydrogens (primary N) is 1. The van der Waals surface area contributed by atoms with Crippen molar-refractivity contribution in [1.29, 1.82) is 0 Å². The Balaban J connectivity index is 2.14. The number of hydrogen-bond acceptors (Lipinski definition) is 7. The number of imidazole rings is 1. The third kappa shape index (κ3) is 2.14. The minimum Gasteiger partial charge on any atom is -0.306 e. The molecule has 0 spiro atoms. The van der Waals surface area contributed by atoms with Crippen LogP contribution in [0.15, 0.2) is 16.6 Å². The van der Waals surface area contributed by atoms with Gasteiger partial charge in [-0.05, 0) is 13.8 Å². The number of anilines is 2. The van der Waals surface area contributed by atoms with Crippen molar-refractivity contribution in [3.05, 3.63) is 23.0 Å². The summed E-state index contributed by atoms with van der Waals surface area (Å²) in [6.45, 7) is 3.44. The smallest absolute Gasteiger partial charge is 0.281 e. The lowest BCUT2D eigenvalue weighted by Crippen LogP contribution is -2.19. The van der Waals surface area contributed by atoms with Crippen molar-refractivity contribution >= 4 is 37.8 Å². The van der Waals surface area contributed by atoms with Gasteiger partial charge in [0, 0.05) is 11.6 Å². The largest absolute Gasteiger partial charge is 0.306 e. The predicted octanol–water partition coefficient (Wildman–Crippen LogP) is 0.822. The van der Waals surface area contributed by atoms with E-state index in [1.807, 2.05) is 0 Å². The summed E-state index contributed by atoms with van der Waals surface area (Å²) in [4.78, 5) is 4.67. The fourth-order valence-corrected chi connectivity index (χ4v) is 4.20. The maximum Gasteiger partial charge on any atom is 0.281 e. The summed E-state index contributed by atoms with van der Waals surface area (Å²) in [5.41, 5.74) is 3.93. The van der Waals surface area contributed by atoms with Gasteiger partial charge < -0.3 is 5.43 Å². The topological polar surface area (TPSA) is 130 Å². The highest BCUT2D eigenvalue weighted by Crippen LogP contribution is 2.28. The van der Waals surface area contributed by atoms with Gasteiger partial charge in [0.25, 0.3) is 10.0 Å². The lowest BCUT2D eigenvalue weighted by molar-refractivity contribution is 0.597. The van der Waals surface area contributed by atoms with Gasteiger partial charge in [-0.3, -0.25) is 14.2 Å². The second-order valence-electron chi connectivity index (χ2n) is 4.38. The summed E-state index contributed by atoms with van der Waals surface area (Å²) in [6.07, 6.45) is 1.62. The Morgan fingerprint density at radius 1 is 1.43 bits per heavy atom. The van der Waals surface area contributed by atoms with Gasteiger partial charge in [0.2, 0.25) is 5.03 Å². The van der Waals surface area contributed by atoms with Gasteiger partial charge in [0.1, 0.15) is 0 Å². The van der Waals surface area contributed by atoms with Crippen LogP contribution >= 0.6 is 11.3 Å². The molecule has 0 saturated heterocycles. The van der Waals surface area contributed by atoms with Gasteiger partial charge in [-0.15, -0.1) is 11.3 Å². The van der Waals surface area contributed by atoms with Crippen LogP contribution < -0.4 is 16.0 Å². The molecule has 0 amide bonds. The molecule has 0 radical (unpaired) electrons. The number of aromatic amines is 1. The molecule has 0 aliphatic heterocycles. The van der Waals surface area contributed by atoms with E-state index in [4.69, 9.17) is 5.84 Å². The number of thiazole rings is 1. The monoisotopic (exact) mass is 327 g/mol. The van der Waals surface area contributed by atoms with E-state index in [9.17, 15) is 8.42 Å². The molecule has 0 atom stereocenters. The number of hydrazine groups is 1. The van der Waals surface area contributed by atoms with E-state index in [1.54, 1.807) is 25.4 Å². The zero-order chi connectivity index (χ0) is 15.2. The highest BCUT2D eigenvalue weighted by molar-refractivity contribution is 7.92. The lowest BCUT2D eigenvalue weighted by Gasteiger charge is -2.08. The van der Waals surface area contributed by atoms with Crippen LogP contribution in [0.1, 0.15) is 11.4 Å². The normalized spacial score (nSPS) is 12.0. The number of nitrogen functional groups attached to an aromatic ring is 1. The first-order valence-electron chi connectivity index (χ1n) is 5.90. The average Bonchev–Trinajstić information content (AvgIpc) is 3.07. The third-order valence-electron chi connectivity index (χ3n) is 2.97. The van der Waals surface area contributed by atoms with Crippen LogP contribution in [0.3, 0.4) is 0 Å². The van der Waals surface area contributed by atoms with Crippen molar-refractivity contribution in [2.75, 3.05) is 10.1 Å². The van der Waals surface area contributed by atoms with E-state index in [1.165, 1.54) is 15.7 Å². The molecule has 5 N–H and O–H groups in total. The second-order valence-corrected chi connectivity index (χ2v) is 6.85. The first kappa shape index (κ1) is 13.9. The van der Waals surface area contributed by atoms with E-state index in [0.29, 0.717) is 22.0 Å². The molecule has 3 rings (SSSR count). The molecule has 0 aliphatic carbocycles. The quantitative estimate of drug-likeness (QED) is 0.414. The Labute approximate surface area is 124 Å². The zero-order valence-corrected chi connectivity index (χ0v) is 12.8. The molecule has 0 saturated carbocycles. The van der Waals surface area contributed by atoms with Gasteiger partial charge in [0.15, 0.2) is 10.8 Å². The van der Waals surface area contributed by atoms with Crippen molar-refractivity contribution in [2.24, 2.45) is 5.84 Å². The molecular weight excluding hydrogens is 314 g/mol. The zero-order valence-electron chi connectivity index (χ0n) is 11.2. The van der Waals surface area contributed by atoms with E-state index < -0.39 is 10.0 Å². The molecule has 11 heteroatoms. The highest BCUT2D eigenvalue weighted by atomic mass is 32.2. The maximum atomic E-state index is 12.7. The van der Waals surface area contributed by atoms with Crippen molar-refractivity contribution in [3.8, 4) is 0 Å². The summed E-state index contributed by atoms with van der Waals surface area (Å²) in [5.74, 6) is 5.46. The van der Waals surface area contributed by atoms with Crippen LogP contribution in [0.4, 0.5) is 11.5 Å². The van der Waals surface area contributed by atoms with Crippen LogP contribution in [0.2, 0.25) is 0 Å². The summed E-state index contributed by atoms with van der Waals surface area (Å²) < 4.78 is 29.3. The van der Waals surface area contributed by atoms with Crippen LogP contribution in [-0.4, -0.2) is 28.0 Å². The Morgan fingerprint density at radius 2 is 2.19 bits per heavy atom. The molecule has 0 bridgehead atoms. The molecule has 0 fully saturated rings. The summed E-state index contributed by atoms with van der Waals surface area (Å²) in [5, 5.41) is 8.40. The molecule has 0 unspecified atom stereocenters. The van der Waals surface area contributed by atoms with E-state index >= 15 is 0 Å². The van der Waals surface area contributed by atoms with Gasteiger partial charge in [-0.1, -0.05) is 0 Å². The molecule has 9 nitrogen and oxygen atoms in total. The number of nitrogens with zero attached hydrogens (tertiary/aromatic N) is 3. The summed E-state index contributed by atoms with van der Waals surface area (Å²) >= 11 is 1.31. The lowest BCUT2D eigenvalue weighted by atomic mass is 10.3. The first-order chi connectivity index (χ1) is 9.94. The van der Waals surface area contributed by atoms with E-state index in [0.717, 1.165) is 0 Å². The number of H-pyrrole nitrogens is 1. The number of rotatable bonds is 4. The molecule has 3 aromatic rings. The number of fused-ring (bicyclic) bond motifs is 1. The molecule has 0 aliphatic rings. The fourth-order valence-electron chi connectivity index (χ4n) is 2.00. The molecule has 3 heterocycles. The minimum atomic E-state index is -3.87. The fraction of sp³-hybridized carbons (Fsp3) is 0.200. The maximum absolute atomic E-state index is 12.7. The number of aryl methyl sites for hydroxylation is 2. The van der Waals surface area contributed by atoms with Crippen LogP contribution in [-0.2, 0) is 10.0 Å². The predicted molar refractivity (Wildman–Crippen MR) is 79.7 cm³/mol. The number of sulfonamides is 1. The van der Waals surface area contributed by atoms with Crippen molar-refractivity contribution in [1.82, 2.24) is 19.6 Å². The molecule has 21 heavy (non-hydrogen) atoms. The van der Waals surface area contributed by atoms with Gasteiger partial charge in [-0.2, -0.15) is 18.5 Å². The Hall–Kier alpha value is -2.11. The van der Waals surface area contributed by atoms with Gasteiger partial charge in [-0.25, -0.2) is 5.84 Å². The minimum absolute atomic E-state index is 0.0405. The van der Waals surface area contributed by atoms with Crippen molar-refractivity contribution in [2.45, 2.75) is 18.9 Å². The number of hydrogen-bond donors (Lipinski definition) is 4. The van der Waals surface area contributed by atoms with Crippen LogP contribution in [0.25, 0.3) is 4.96 Å². The van der Waals surface area contributed by atoms with Crippen molar-refractivity contribution in [3.63, 3.8) is 0 Å². The van der Waals surface area contributed by atoms with E-state index in [-0.39, 0.29) is 10.8 Å². The Morgan fingerprint density at radius 3 is 2.81 bits per heavy atom. The molecule has 0 aromatic carbocycles. The molecule has 3 aromatic heterocycles.